The van der Waals surface area contributed by atoms with Gasteiger partial charge < -0.3 is 15.1 Å². The number of amides is 2. The van der Waals surface area contributed by atoms with Crippen molar-refractivity contribution >= 4 is 17.5 Å². The summed E-state index contributed by atoms with van der Waals surface area (Å²) in [4.78, 5) is 29.3. The molecule has 154 valence electrons. The number of anilines is 1. The Bertz CT molecular complexity index is 864. The van der Waals surface area contributed by atoms with E-state index >= 15 is 0 Å². The Morgan fingerprint density at radius 2 is 1.86 bits per heavy atom. The van der Waals surface area contributed by atoms with Crippen LogP contribution in [0.1, 0.15) is 23.1 Å². The van der Waals surface area contributed by atoms with Crippen molar-refractivity contribution in [2.45, 2.75) is 32.7 Å². The van der Waals surface area contributed by atoms with Crippen molar-refractivity contribution < 1.29 is 9.59 Å². The second-order valence-corrected chi connectivity index (χ2v) is 8.18. The van der Waals surface area contributed by atoms with E-state index in [0.29, 0.717) is 13.1 Å². The molecule has 2 unspecified atom stereocenters. The first kappa shape index (κ1) is 21.1. The van der Waals surface area contributed by atoms with Gasteiger partial charge in [0.15, 0.2) is 0 Å². The van der Waals surface area contributed by atoms with Gasteiger partial charge in [-0.15, -0.1) is 0 Å². The van der Waals surface area contributed by atoms with Gasteiger partial charge in [-0.3, -0.25) is 9.59 Å². The van der Waals surface area contributed by atoms with E-state index in [0.717, 1.165) is 23.2 Å². The molecule has 1 N–H and O–H groups in total. The third kappa shape index (κ3) is 5.04. The molecule has 1 aliphatic rings. The van der Waals surface area contributed by atoms with Crippen molar-refractivity contribution in [3.63, 3.8) is 0 Å². The molecule has 2 atom stereocenters. The Morgan fingerprint density at radius 3 is 2.55 bits per heavy atom. The first-order valence-corrected chi connectivity index (χ1v) is 10.2. The zero-order valence-corrected chi connectivity index (χ0v) is 17.8. The van der Waals surface area contributed by atoms with Crippen LogP contribution >= 0.6 is 0 Å². The summed E-state index contributed by atoms with van der Waals surface area (Å²) in [5, 5.41) is 3.09. The van der Waals surface area contributed by atoms with E-state index in [-0.39, 0.29) is 30.2 Å². The SMILES string of the molecule is Cc1cccc(N2CC(C(=O)NCC(Cc3ccccc3)N(C)C)CC2=O)c1C. The van der Waals surface area contributed by atoms with Crippen molar-refractivity contribution in [1.82, 2.24) is 10.2 Å². The van der Waals surface area contributed by atoms with E-state index in [1.165, 1.54) is 5.56 Å². The summed E-state index contributed by atoms with van der Waals surface area (Å²) in [7, 11) is 4.06. The van der Waals surface area contributed by atoms with Crippen LogP contribution in [0, 0.1) is 19.8 Å². The Hall–Kier alpha value is -2.66. The lowest BCUT2D eigenvalue weighted by Gasteiger charge is -2.25. The fourth-order valence-electron chi connectivity index (χ4n) is 3.83. The largest absolute Gasteiger partial charge is 0.354 e. The number of carbonyl (C=O) groups is 2. The molecule has 5 heteroatoms. The lowest BCUT2D eigenvalue weighted by molar-refractivity contribution is -0.126. The summed E-state index contributed by atoms with van der Waals surface area (Å²) in [6, 6.07) is 16.5. The quantitative estimate of drug-likeness (QED) is 0.787. The Balaban J connectivity index is 1.60. The molecular formula is C24H31N3O2. The first-order chi connectivity index (χ1) is 13.9. The molecule has 0 spiro atoms. The van der Waals surface area contributed by atoms with E-state index < -0.39 is 0 Å². The molecular weight excluding hydrogens is 362 g/mol. The smallest absolute Gasteiger partial charge is 0.227 e. The van der Waals surface area contributed by atoms with Gasteiger partial charge in [-0.05, 0) is 57.1 Å². The molecule has 29 heavy (non-hydrogen) atoms. The predicted octanol–water partition coefficient (Wildman–Crippen LogP) is 2.95. The number of nitrogens with one attached hydrogen (secondary N) is 1. The lowest BCUT2D eigenvalue weighted by Crippen LogP contribution is -2.43. The highest BCUT2D eigenvalue weighted by Crippen LogP contribution is 2.29. The molecule has 1 fully saturated rings. The summed E-state index contributed by atoms with van der Waals surface area (Å²) in [5.41, 5.74) is 4.41. The highest BCUT2D eigenvalue weighted by Gasteiger charge is 2.35. The fraction of sp³-hybridized carbons (Fsp3) is 0.417. The van der Waals surface area contributed by atoms with Crippen LogP contribution in [0.25, 0.3) is 0 Å². The minimum Gasteiger partial charge on any atom is -0.354 e. The molecule has 1 aliphatic heterocycles. The summed E-state index contributed by atoms with van der Waals surface area (Å²) < 4.78 is 0. The average molecular weight is 394 g/mol. The number of nitrogens with zero attached hydrogens (tertiary/aromatic N) is 2. The molecule has 1 saturated heterocycles. The van der Waals surface area contributed by atoms with E-state index in [4.69, 9.17) is 0 Å². The number of hydrogen-bond acceptors (Lipinski definition) is 3. The van der Waals surface area contributed by atoms with Crippen molar-refractivity contribution in [2.24, 2.45) is 5.92 Å². The number of rotatable bonds is 7. The maximum Gasteiger partial charge on any atom is 0.227 e. The van der Waals surface area contributed by atoms with E-state index in [1.807, 2.05) is 64.3 Å². The Kier molecular flexibility index (Phi) is 6.70. The Morgan fingerprint density at radius 1 is 1.14 bits per heavy atom. The van der Waals surface area contributed by atoms with Crippen LogP contribution < -0.4 is 10.2 Å². The third-order valence-corrected chi connectivity index (χ3v) is 5.92. The summed E-state index contributed by atoms with van der Waals surface area (Å²) in [5.74, 6) is -0.319. The van der Waals surface area contributed by atoms with Gasteiger partial charge >= 0.3 is 0 Å². The summed E-state index contributed by atoms with van der Waals surface area (Å²) in [6.07, 6.45) is 1.14. The molecule has 0 aliphatic carbocycles. The second kappa shape index (κ2) is 9.23. The molecule has 1 heterocycles. The molecule has 3 rings (SSSR count). The number of benzene rings is 2. The van der Waals surface area contributed by atoms with Crippen LogP contribution in [-0.4, -0.2) is 49.9 Å². The van der Waals surface area contributed by atoms with Gasteiger partial charge in [0.1, 0.15) is 0 Å². The summed E-state index contributed by atoms with van der Waals surface area (Å²) >= 11 is 0. The minimum atomic E-state index is -0.304. The van der Waals surface area contributed by atoms with Crippen LogP contribution in [0.4, 0.5) is 5.69 Å². The molecule has 2 amide bonds. The zero-order chi connectivity index (χ0) is 21.0. The molecule has 0 aromatic heterocycles. The van der Waals surface area contributed by atoms with Crippen molar-refractivity contribution in [3.05, 3.63) is 65.2 Å². The number of carbonyl (C=O) groups excluding carboxylic acids is 2. The predicted molar refractivity (Wildman–Crippen MR) is 117 cm³/mol. The van der Waals surface area contributed by atoms with Crippen LogP contribution in [0.2, 0.25) is 0 Å². The van der Waals surface area contributed by atoms with Crippen molar-refractivity contribution in [1.29, 1.82) is 0 Å². The van der Waals surface area contributed by atoms with Crippen LogP contribution in [0.15, 0.2) is 48.5 Å². The van der Waals surface area contributed by atoms with Crippen molar-refractivity contribution in [2.75, 3.05) is 32.1 Å². The maximum absolute atomic E-state index is 12.8. The lowest BCUT2D eigenvalue weighted by atomic mass is 10.0. The highest BCUT2D eigenvalue weighted by molar-refractivity contribution is 6.00. The van der Waals surface area contributed by atoms with Gasteiger partial charge in [-0.2, -0.15) is 0 Å². The van der Waals surface area contributed by atoms with Gasteiger partial charge in [-0.1, -0.05) is 42.5 Å². The fourth-order valence-corrected chi connectivity index (χ4v) is 3.83. The standard InChI is InChI=1S/C24H31N3O2/c1-17-9-8-12-22(18(17)2)27-16-20(14-23(27)28)24(29)25-15-21(26(3)4)13-19-10-6-5-7-11-19/h5-12,20-21H,13-16H2,1-4H3,(H,25,29). The summed E-state index contributed by atoms with van der Waals surface area (Å²) in [6.45, 7) is 5.07. The molecule has 2 aromatic rings. The Labute approximate surface area is 173 Å². The first-order valence-electron chi connectivity index (χ1n) is 10.2. The van der Waals surface area contributed by atoms with Gasteiger partial charge in [0.25, 0.3) is 0 Å². The van der Waals surface area contributed by atoms with Gasteiger partial charge in [0, 0.05) is 31.2 Å². The molecule has 5 nitrogen and oxygen atoms in total. The third-order valence-electron chi connectivity index (χ3n) is 5.92. The van der Waals surface area contributed by atoms with Crippen LogP contribution in [0.5, 0.6) is 0 Å². The molecule has 0 radical (unpaired) electrons. The van der Waals surface area contributed by atoms with Crippen molar-refractivity contribution in [3.8, 4) is 0 Å². The van der Waals surface area contributed by atoms with Gasteiger partial charge in [0.2, 0.25) is 11.8 Å². The number of likely N-dealkylation sites (N-methyl/N-ethyl adjacent to an activating group) is 1. The normalized spacial score (nSPS) is 17.6. The monoisotopic (exact) mass is 393 g/mol. The number of aryl methyl sites for hydroxylation is 1. The van der Waals surface area contributed by atoms with Gasteiger partial charge in [-0.25, -0.2) is 0 Å². The van der Waals surface area contributed by atoms with Crippen LogP contribution in [-0.2, 0) is 16.0 Å². The molecule has 0 bridgehead atoms. The van der Waals surface area contributed by atoms with E-state index in [9.17, 15) is 9.59 Å². The molecule has 2 aromatic carbocycles. The van der Waals surface area contributed by atoms with Crippen LogP contribution in [0.3, 0.4) is 0 Å². The number of hydrogen-bond donors (Lipinski definition) is 1. The topological polar surface area (TPSA) is 52.7 Å². The second-order valence-electron chi connectivity index (χ2n) is 8.18. The minimum absolute atomic E-state index is 0.0206. The van der Waals surface area contributed by atoms with E-state index in [1.54, 1.807) is 4.90 Å². The zero-order valence-electron chi connectivity index (χ0n) is 17.8. The average Bonchev–Trinajstić information content (AvgIpc) is 3.09. The maximum atomic E-state index is 12.8. The highest BCUT2D eigenvalue weighted by atomic mass is 16.2. The molecule has 0 saturated carbocycles. The van der Waals surface area contributed by atoms with E-state index in [2.05, 4.69) is 22.3 Å². The van der Waals surface area contributed by atoms with Gasteiger partial charge in [0.05, 0.1) is 5.92 Å².